The van der Waals surface area contributed by atoms with Gasteiger partial charge in [0.2, 0.25) is 11.8 Å². The van der Waals surface area contributed by atoms with Gasteiger partial charge in [0, 0.05) is 40.5 Å². The second-order valence-corrected chi connectivity index (χ2v) is 14.6. The van der Waals surface area contributed by atoms with Gasteiger partial charge in [-0.25, -0.2) is 19.6 Å². The summed E-state index contributed by atoms with van der Waals surface area (Å²) in [5.74, 6) is -3.88. The van der Waals surface area contributed by atoms with E-state index in [-0.39, 0.29) is 30.3 Å². The number of H-pyrrole nitrogens is 2. The molecule has 6 rings (SSSR count). The van der Waals surface area contributed by atoms with E-state index in [1.54, 1.807) is 22.6 Å². The van der Waals surface area contributed by atoms with Gasteiger partial charge in [0.25, 0.3) is 0 Å². The molecule has 3 aliphatic rings. The van der Waals surface area contributed by atoms with Crippen molar-refractivity contribution in [3.63, 3.8) is 0 Å². The van der Waals surface area contributed by atoms with Gasteiger partial charge in [0.15, 0.2) is 0 Å². The number of likely N-dealkylation sites (tertiary alicyclic amines) is 2. The predicted molar refractivity (Wildman–Crippen MR) is 202 cm³/mol. The second-order valence-electron chi connectivity index (χ2n) is 14.6. The van der Waals surface area contributed by atoms with Crippen LogP contribution in [0.15, 0.2) is 36.7 Å². The quantitative estimate of drug-likeness (QED) is 0.176. The molecule has 14 nitrogen and oxygen atoms in total. The van der Waals surface area contributed by atoms with Crippen molar-refractivity contribution in [3.8, 4) is 11.3 Å². The highest BCUT2D eigenvalue weighted by Crippen LogP contribution is 2.41. The van der Waals surface area contributed by atoms with Crippen LogP contribution < -0.4 is 10.6 Å². The van der Waals surface area contributed by atoms with Crippen LogP contribution in [0.2, 0.25) is 0 Å². The highest BCUT2D eigenvalue weighted by atomic mass is 16.5. The molecule has 0 bridgehead atoms. The Morgan fingerprint density at radius 2 is 1.37 bits per heavy atom. The summed E-state index contributed by atoms with van der Waals surface area (Å²) in [6, 6.07) is 3.16. The summed E-state index contributed by atoms with van der Waals surface area (Å²) >= 11 is 0. The molecule has 2 aromatic heterocycles. The molecule has 3 fully saturated rings. The molecule has 4 amide bonds. The van der Waals surface area contributed by atoms with Crippen molar-refractivity contribution in [2.75, 3.05) is 27.3 Å². The summed E-state index contributed by atoms with van der Waals surface area (Å²) in [4.78, 5) is 71.0. The van der Waals surface area contributed by atoms with Crippen molar-refractivity contribution in [1.82, 2.24) is 40.4 Å². The molecular weight excluding hydrogens is 688 g/mol. The lowest BCUT2D eigenvalue weighted by atomic mass is 9.77. The van der Waals surface area contributed by atoms with Gasteiger partial charge in [0.1, 0.15) is 23.7 Å². The van der Waals surface area contributed by atoms with E-state index < -0.39 is 55.8 Å². The van der Waals surface area contributed by atoms with E-state index >= 15 is 0 Å². The Morgan fingerprint density at radius 3 is 1.98 bits per heavy atom. The van der Waals surface area contributed by atoms with E-state index in [4.69, 9.17) is 15.7 Å². The molecule has 4 N–H and O–H groups in total. The third-order valence-corrected chi connectivity index (χ3v) is 11.0. The van der Waals surface area contributed by atoms with Crippen LogP contribution >= 0.6 is 0 Å². The number of ether oxygens (including phenoxy) is 2. The number of carbonyl (C=O) groups is 4. The topological polar surface area (TPSA) is 175 Å². The van der Waals surface area contributed by atoms with E-state index in [1.807, 2.05) is 13.8 Å². The fourth-order valence-corrected chi connectivity index (χ4v) is 8.06. The van der Waals surface area contributed by atoms with Gasteiger partial charge in [-0.1, -0.05) is 51.8 Å². The average Bonchev–Trinajstić information content (AvgIpc) is 4.08. The SMILES string of the molecule is [2H]C([2H])([2H])C([2H])(C([2H])([2H])[2H])[C@@]([2H])(NC(=O)OC)C(=O)N1CCC[C@H]1c1ncc(C2CCC(c3ccc(-c4cnc([C@@H]5CCCN5C(=O)[C@@H](NC(=O)OC)C(C)C)[nH]4)cc3)CC2)[nH]1. The molecule has 1 saturated carbocycles. The molecule has 0 unspecified atom stereocenters. The molecule has 4 atom stereocenters. The number of alkyl carbamates (subject to hydrolysis) is 2. The molecule has 3 aromatic rings. The van der Waals surface area contributed by atoms with Crippen molar-refractivity contribution in [1.29, 1.82) is 0 Å². The summed E-state index contributed by atoms with van der Waals surface area (Å²) < 4.78 is 74.6. The number of benzene rings is 1. The van der Waals surface area contributed by atoms with E-state index in [1.165, 1.54) is 12.7 Å². The van der Waals surface area contributed by atoms with Crippen LogP contribution in [0.1, 0.15) is 137 Å². The average molecular weight is 753 g/mol. The van der Waals surface area contributed by atoms with Crippen molar-refractivity contribution < 1.29 is 39.6 Å². The summed E-state index contributed by atoms with van der Waals surface area (Å²) in [7, 11) is 2.18. The maximum atomic E-state index is 14.2. The monoisotopic (exact) mass is 752 g/mol. The van der Waals surface area contributed by atoms with Crippen molar-refractivity contribution in [2.24, 2.45) is 11.8 Å². The fraction of sp³-hybridized carbons (Fsp3) is 0.600. The number of aromatic amines is 2. The lowest BCUT2D eigenvalue weighted by Gasteiger charge is -2.30. The number of aromatic nitrogens is 4. The normalized spacial score (nSPS) is 26.1. The zero-order chi connectivity index (χ0) is 45.4. The molecule has 1 aromatic carbocycles. The van der Waals surface area contributed by atoms with Crippen LogP contribution in [-0.2, 0) is 19.1 Å². The first-order valence-electron chi connectivity index (χ1n) is 22.7. The number of hydrogen-bond acceptors (Lipinski definition) is 8. The number of amides is 4. The largest absolute Gasteiger partial charge is 0.453 e. The van der Waals surface area contributed by atoms with Crippen LogP contribution in [0.5, 0.6) is 0 Å². The zero-order valence-electron chi connectivity index (χ0n) is 39.2. The minimum absolute atomic E-state index is 0.0170. The summed E-state index contributed by atoms with van der Waals surface area (Å²) in [6.45, 7) is -3.05. The molecule has 54 heavy (non-hydrogen) atoms. The van der Waals surface area contributed by atoms with Crippen molar-refractivity contribution >= 4 is 24.0 Å². The van der Waals surface area contributed by atoms with Gasteiger partial charge in [-0.2, -0.15) is 0 Å². The molecule has 2 saturated heterocycles. The van der Waals surface area contributed by atoms with Crippen LogP contribution in [0.25, 0.3) is 11.3 Å². The van der Waals surface area contributed by atoms with Crippen LogP contribution in [0.4, 0.5) is 9.59 Å². The maximum absolute atomic E-state index is 14.2. The lowest BCUT2D eigenvalue weighted by Crippen LogP contribution is -2.51. The molecule has 1 aliphatic carbocycles. The number of rotatable bonds is 11. The van der Waals surface area contributed by atoms with Gasteiger partial charge >= 0.3 is 12.2 Å². The van der Waals surface area contributed by atoms with Gasteiger partial charge in [-0.3, -0.25) is 9.59 Å². The summed E-state index contributed by atoms with van der Waals surface area (Å²) in [6.07, 6.45) is 7.30. The number of nitrogens with one attached hydrogen (secondary N) is 4. The van der Waals surface area contributed by atoms with E-state index in [9.17, 15) is 19.2 Å². The first-order valence-corrected chi connectivity index (χ1v) is 18.7. The molecule has 0 spiro atoms. The first-order chi connectivity index (χ1) is 29.1. The zero-order valence-corrected chi connectivity index (χ0v) is 31.2. The highest BCUT2D eigenvalue weighted by Gasteiger charge is 2.39. The van der Waals surface area contributed by atoms with E-state index in [2.05, 4.69) is 54.3 Å². The van der Waals surface area contributed by atoms with E-state index in [0.29, 0.717) is 37.0 Å². The molecule has 292 valence electrons. The molecule has 0 radical (unpaired) electrons. The standard InChI is InChI=1S/C40H56N8O6/c1-23(2)33(45-39(51)53-5)37(49)47-19-7-9-31(47)35-41-21-29(43-35)27-15-11-25(12-16-27)26-13-17-28(18-14-26)30-22-42-36(44-30)32-10-8-20-48(32)38(50)34(24(3)4)46-40(52)54-6/h11-12,15-16,21-24,26,28,31-34H,7-10,13-14,17-20H2,1-6H3,(H,41,43)(H,42,44)(H,45,51)(H,46,52)/t26?,28?,31-,32-,33-,34+/m0/s1/i3D3,4D3,24D,34D. The summed E-state index contributed by atoms with van der Waals surface area (Å²) in [5, 5.41) is 4.48. The predicted octanol–water partition coefficient (Wildman–Crippen LogP) is 6.33. The Bertz CT molecular complexity index is 2070. The minimum atomic E-state index is -3.76. The van der Waals surface area contributed by atoms with Gasteiger partial charge < -0.3 is 39.9 Å². The summed E-state index contributed by atoms with van der Waals surface area (Å²) in [5.41, 5.74) is 3.86. The Morgan fingerprint density at radius 1 is 0.796 bits per heavy atom. The number of carbonyl (C=O) groups excluding carboxylic acids is 4. The molecular formula is C40H56N8O6. The van der Waals surface area contributed by atoms with Crippen LogP contribution in [0.3, 0.4) is 0 Å². The van der Waals surface area contributed by atoms with E-state index in [0.717, 1.165) is 67.5 Å². The maximum Gasteiger partial charge on any atom is 0.407 e. The Hall–Kier alpha value is -4.88. The number of imidazole rings is 2. The van der Waals surface area contributed by atoms with Gasteiger partial charge in [-0.15, -0.1) is 0 Å². The minimum Gasteiger partial charge on any atom is -0.453 e. The number of methoxy groups -OCH3 is 2. The molecule has 14 heteroatoms. The van der Waals surface area contributed by atoms with Gasteiger partial charge in [-0.05, 0) is 80.2 Å². The Labute approximate surface area is 328 Å². The van der Waals surface area contributed by atoms with Gasteiger partial charge in [0.05, 0.1) is 39.6 Å². The fourth-order valence-electron chi connectivity index (χ4n) is 8.06. The lowest BCUT2D eigenvalue weighted by molar-refractivity contribution is -0.136. The molecule has 4 heterocycles. The highest BCUT2D eigenvalue weighted by molar-refractivity contribution is 5.87. The number of nitrogens with zero attached hydrogens (tertiary/aromatic N) is 4. The van der Waals surface area contributed by atoms with Crippen molar-refractivity contribution in [2.45, 2.75) is 115 Å². The Balaban J connectivity index is 1.09. The first kappa shape index (κ1) is 29.5. The second kappa shape index (κ2) is 17.1. The van der Waals surface area contributed by atoms with Crippen LogP contribution in [-0.4, -0.2) is 93.1 Å². The third kappa shape index (κ3) is 8.42. The molecule has 2 aliphatic heterocycles. The van der Waals surface area contributed by atoms with Crippen molar-refractivity contribution in [3.05, 3.63) is 59.6 Å². The Kier molecular flexibility index (Phi) is 9.32. The third-order valence-electron chi connectivity index (χ3n) is 11.0. The number of hydrogen-bond donors (Lipinski definition) is 4. The van der Waals surface area contributed by atoms with Crippen LogP contribution in [0, 0.1) is 11.8 Å². The smallest absolute Gasteiger partial charge is 0.407 e.